The third kappa shape index (κ3) is 3.27. The van der Waals surface area contributed by atoms with Crippen LogP contribution in [0.1, 0.15) is 6.92 Å². The number of nitrogen functional groups attached to an aromatic ring is 1. The van der Waals surface area contributed by atoms with Crippen LogP contribution in [0.5, 0.6) is 0 Å². The molecule has 10 heteroatoms. The highest BCUT2D eigenvalue weighted by molar-refractivity contribution is 7.91. The van der Waals surface area contributed by atoms with Crippen molar-refractivity contribution in [1.82, 2.24) is 15.1 Å². The molecule has 0 aliphatic carbocycles. The van der Waals surface area contributed by atoms with Crippen LogP contribution in [0.3, 0.4) is 0 Å². The number of carboxylic acid groups (broad SMARTS) is 1. The number of nitrogens with zero attached hydrogens (tertiary/aromatic N) is 3. The van der Waals surface area contributed by atoms with Crippen LogP contribution < -0.4 is 16.0 Å². The highest BCUT2D eigenvalue weighted by Crippen LogP contribution is 2.30. The van der Waals surface area contributed by atoms with Gasteiger partial charge >= 0.3 is 5.97 Å². The monoisotopic (exact) mass is 317 g/mol. The Kier molecular flexibility index (Phi) is 4.10. The van der Waals surface area contributed by atoms with E-state index in [0.717, 1.165) is 10.9 Å². The first-order valence-corrected chi connectivity index (χ1v) is 8.35. The summed E-state index contributed by atoms with van der Waals surface area (Å²) >= 11 is 0. The number of nitrogens with one attached hydrogen (secondary N) is 1. The maximum Gasteiger partial charge on any atom is 0.325 e. The average molecular weight is 317 g/mol. The molecule has 2 rings (SSSR count). The fourth-order valence-electron chi connectivity index (χ4n) is 2.38. The number of carboxylic acids is 1. The zero-order valence-electron chi connectivity index (χ0n) is 11.9. The smallest absolute Gasteiger partial charge is 0.325 e. The standard InChI is InChI=1S/C11H19N5O4S/c1-7-5-15(4-3-13-7)11-9(21(2,19)20)10(12)16(14-11)6-8(17)18/h7,13H,3-6,12H2,1-2H3,(H,17,18). The van der Waals surface area contributed by atoms with Crippen molar-refractivity contribution in [2.24, 2.45) is 0 Å². The molecule has 0 radical (unpaired) electrons. The molecule has 0 amide bonds. The Labute approximate surface area is 122 Å². The van der Waals surface area contributed by atoms with E-state index in [-0.39, 0.29) is 22.6 Å². The Hall–Kier alpha value is -1.81. The summed E-state index contributed by atoms with van der Waals surface area (Å²) in [6.07, 6.45) is 1.04. The van der Waals surface area contributed by atoms with Gasteiger partial charge < -0.3 is 21.1 Å². The average Bonchev–Trinajstić information content (AvgIpc) is 2.66. The van der Waals surface area contributed by atoms with Gasteiger partial charge in [0.15, 0.2) is 20.6 Å². The SMILES string of the molecule is CC1CN(c2nn(CC(=O)O)c(N)c2S(C)(=O)=O)CCN1. The summed E-state index contributed by atoms with van der Waals surface area (Å²) in [7, 11) is -3.61. The molecule has 1 aliphatic rings. The second-order valence-electron chi connectivity index (χ2n) is 5.16. The number of carbonyl (C=O) groups is 1. The third-order valence-corrected chi connectivity index (χ3v) is 4.39. The molecule has 1 unspecified atom stereocenters. The molecule has 0 saturated carbocycles. The fourth-order valence-corrected chi connectivity index (χ4v) is 3.37. The van der Waals surface area contributed by atoms with Crippen molar-refractivity contribution in [2.45, 2.75) is 24.4 Å². The van der Waals surface area contributed by atoms with Gasteiger partial charge in [-0.05, 0) is 6.92 Å². The second kappa shape index (κ2) is 5.53. The van der Waals surface area contributed by atoms with Crippen LogP contribution in [-0.4, -0.2) is 61.2 Å². The molecule has 0 aromatic carbocycles. The van der Waals surface area contributed by atoms with E-state index in [1.165, 1.54) is 0 Å². The Morgan fingerprint density at radius 3 is 2.76 bits per heavy atom. The molecule has 9 nitrogen and oxygen atoms in total. The summed E-state index contributed by atoms with van der Waals surface area (Å²) in [6, 6.07) is 0.178. The number of nitrogens with two attached hydrogens (primary N) is 1. The van der Waals surface area contributed by atoms with Gasteiger partial charge in [-0.1, -0.05) is 0 Å². The Balaban J connectivity index is 2.50. The molecule has 1 aromatic rings. The molecule has 1 atom stereocenters. The van der Waals surface area contributed by atoms with Crippen LogP contribution >= 0.6 is 0 Å². The molecule has 21 heavy (non-hydrogen) atoms. The van der Waals surface area contributed by atoms with Crippen molar-refractivity contribution in [3.05, 3.63) is 0 Å². The number of aliphatic carboxylic acids is 1. The summed E-state index contributed by atoms with van der Waals surface area (Å²) in [5.41, 5.74) is 5.80. The lowest BCUT2D eigenvalue weighted by atomic mass is 10.2. The zero-order chi connectivity index (χ0) is 15.8. The predicted molar refractivity (Wildman–Crippen MR) is 77.1 cm³/mol. The van der Waals surface area contributed by atoms with E-state index in [1.54, 1.807) is 0 Å². The van der Waals surface area contributed by atoms with E-state index in [0.29, 0.717) is 19.6 Å². The predicted octanol–water partition coefficient (Wildman–Crippen LogP) is -1.25. The van der Waals surface area contributed by atoms with E-state index < -0.39 is 22.4 Å². The summed E-state index contributed by atoms with van der Waals surface area (Å²) in [4.78, 5) is 12.5. The highest BCUT2D eigenvalue weighted by Gasteiger charge is 2.30. The first-order valence-electron chi connectivity index (χ1n) is 6.46. The minimum absolute atomic E-state index is 0.0992. The molecule has 4 N–H and O–H groups in total. The minimum atomic E-state index is -3.61. The van der Waals surface area contributed by atoms with Crippen molar-refractivity contribution in [3.8, 4) is 0 Å². The van der Waals surface area contributed by atoms with Gasteiger partial charge in [0.25, 0.3) is 0 Å². The number of anilines is 2. The van der Waals surface area contributed by atoms with Crippen LogP contribution in [0.4, 0.5) is 11.6 Å². The normalized spacial score (nSPS) is 19.7. The molecular weight excluding hydrogens is 298 g/mol. The first-order chi connectivity index (χ1) is 9.70. The van der Waals surface area contributed by atoms with Gasteiger partial charge in [-0.2, -0.15) is 5.10 Å². The summed E-state index contributed by atoms with van der Waals surface area (Å²) in [6.45, 7) is 3.35. The molecule has 0 bridgehead atoms. The van der Waals surface area contributed by atoms with E-state index >= 15 is 0 Å². The van der Waals surface area contributed by atoms with Gasteiger partial charge in [0.2, 0.25) is 0 Å². The van der Waals surface area contributed by atoms with Crippen molar-refractivity contribution in [2.75, 3.05) is 36.5 Å². The number of sulfone groups is 1. The molecule has 2 heterocycles. The lowest BCUT2D eigenvalue weighted by Gasteiger charge is -2.32. The second-order valence-corrected chi connectivity index (χ2v) is 7.12. The maximum atomic E-state index is 12.0. The Morgan fingerprint density at radius 2 is 2.24 bits per heavy atom. The quantitative estimate of drug-likeness (QED) is 0.628. The van der Waals surface area contributed by atoms with Crippen LogP contribution in [-0.2, 0) is 21.2 Å². The van der Waals surface area contributed by atoms with Crippen molar-refractivity contribution in [3.63, 3.8) is 0 Å². The largest absolute Gasteiger partial charge is 0.480 e. The molecule has 0 spiro atoms. The minimum Gasteiger partial charge on any atom is -0.480 e. The Bertz CT molecular complexity index is 654. The van der Waals surface area contributed by atoms with E-state index in [4.69, 9.17) is 10.8 Å². The summed E-state index contributed by atoms with van der Waals surface area (Å²) in [5.74, 6) is -1.05. The van der Waals surface area contributed by atoms with Crippen molar-refractivity contribution < 1.29 is 18.3 Å². The third-order valence-electron chi connectivity index (χ3n) is 3.25. The number of aromatic nitrogens is 2. The maximum absolute atomic E-state index is 12.0. The van der Waals surface area contributed by atoms with Crippen molar-refractivity contribution in [1.29, 1.82) is 0 Å². The van der Waals surface area contributed by atoms with Crippen molar-refractivity contribution >= 4 is 27.4 Å². The van der Waals surface area contributed by atoms with Crippen LogP contribution in [0.25, 0.3) is 0 Å². The molecule has 118 valence electrons. The molecule has 1 fully saturated rings. The van der Waals surface area contributed by atoms with E-state index in [1.807, 2.05) is 11.8 Å². The lowest BCUT2D eigenvalue weighted by molar-refractivity contribution is -0.137. The van der Waals surface area contributed by atoms with Crippen LogP contribution in [0.15, 0.2) is 4.90 Å². The lowest BCUT2D eigenvalue weighted by Crippen LogP contribution is -2.49. The molecule has 1 saturated heterocycles. The molecule has 1 aromatic heterocycles. The van der Waals surface area contributed by atoms with Crippen LogP contribution in [0, 0.1) is 0 Å². The summed E-state index contributed by atoms with van der Waals surface area (Å²) < 4.78 is 25.0. The fraction of sp³-hybridized carbons (Fsp3) is 0.636. The highest BCUT2D eigenvalue weighted by atomic mass is 32.2. The van der Waals surface area contributed by atoms with E-state index in [2.05, 4.69) is 10.4 Å². The number of hydrogen-bond donors (Lipinski definition) is 3. The van der Waals surface area contributed by atoms with Gasteiger partial charge in [0.05, 0.1) is 0 Å². The Morgan fingerprint density at radius 1 is 1.57 bits per heavy atom. The number of rotatable bonds is 4. The molecular formula is C11H19N5O4S. The van der Waals surface area contributed by atoms with Gasteiger partial charge in [0, 0.05) is 31.9 Å². The van der Waals surface area contributed by atoms with Gasteiger partial charge in [-0.3, -0.25) is 4.79 Å². The van der Waals surface area contributed by atoms with E-state index in [9.17, 15) is 13.2 Å². The topological polar surface area (TPSA) is 131 Å². The number of hydrogen-bond acceptors (Lipinski definition) is 7. The van der Waals surface area contributed by atoms with Crippen LogP contribution in [0.2, 0.25) is 0 Å². The van der Waals surface area contributed by atoms with Gasteiger partial charge in [-0.15, -0.1) is 0 Å². The molecule has 1 aliphatic heterocycles. The van der Waals surface area contributed by atoms with Gasteiger partial charge in [-0.25, -0.2) is 13.1 Å². The zero-order valence-corrected chi connectivity index (χ0v) is 12.7. The first kappa shape index (κ1) is 15.6. The number of piperazine rings is 1. The van der Waals surface area contributed by atoms with Gasteiger partial charge in [0.1, 0.15) is 12.4 Å². The summed E-state index contributed by atoms with van der Waals surface area (Å²) in [5, 5.41) is 16.2.